The van der Waals surface area contributed by atoms with Crippen LogP contribution in [-0.4, -0.2) is 50.8 Å². The quantitative estimate of drug-likeness (QED) is 0.590. The lowest BCUT2D eigenvalue weighted by molar-refractivity contribution is -0.0512. The number of hydrogen-bond acceptors (Lipinski definition) is 3. The molecule has 1 saturated heterocycles. The zero-order valence-electron chi connectivity index (χ0n) is 15.8. The van der Waals surface area contributed by atoms with E-state index in [2.05, 4.69) is 28.8 Å². The van der Waals surface area contributed by atoms with Crippen LogP contribution in [0.4, 0.5) is 8.78 Å². The maximum absolute atomic E-state index is 12.5. The van der Waals surface area contributed by atoms with Crippen LogP contribution < -0.4 is 14.8 Å². The van der Waals surface area contributed by atoms with Crippen molar-refractivity contribution in [3.05, 3.63) is 23.8 Å². The molecule has 1 heterocycles. The Balaban J connectivity index is 2.02. The van der Waals surface area contributed by atoms with Crippen molar-refractivity contribution >= 4 is 5.96 Å². The van der Waals surface area contributed by atoms with E-state index in [1.54, 1.807) is 12.1 Å². The number of piperidine rings is 1. The number of guanidine groups is 1. The Hall–Kier alpha value is -2.05. The first-order chi connectivity index (χ1) is 12.5. The fourth-order valence-corrected chi connectivity index (χ4v) is 3.16. The second-order valence-electron chi connectivity index (χ2n) is 6.54. The molecule has 1 unspecified atom stereocenters. The Bertz CT molecular complexity index is 596. The number of ether oxygens (including phenoxy) is 2. The summed E-state index contributed by atoms with van der Waals surface area (Å²) in [6.07, 6.45) is 3.08. The third-order valence-electron chi connectivity index (χ3n) is 4.40. The number of likely N-dealkylation sites (tertiary alicyclic amines) is 1. The summed E-state index contributed by atoms with van der Waals surface area (Å²) in [5, 5.41) is 3.35. The van der Waals surface area contributed by atoms with Crippen molar-refractivity contribution in [2.24, 2.45) is 10.9 Å². The lowest BCUT2D eigenvalue weighted by Gasteiger charge is -2.33. The fourth-order valence-electron chi connectivity index (χ4n) is 3.16. The number of nitrogens with zero attached hydrogens (tertiary/aromatic N) is 2. The highest BCUT2D eigenvalue weighted by atomic mass is 19.3. The van der Waals surface area contributed by atoms with Gasteiger partial charge in [0.1, 0.15) is 0 Å². The van der Waals surface area contributed by atoms with E-state index < -0.39 is 6.61 Å². The van der Waals surface area contributed by atoms with Crippen LogP contribution >= 0.6 is 0 Å². The Labute approximate surface area is 154 Å². The van der Waals surface area contributed by atoms with Gasteiger partial charge in [0.25, 0.3) is 0 Å². The number of rotatable bonds is 7. The van der Waals surface area contributed by atoms with E-state index in [4.69, 9.17) is 9.73 Å². The van der Waals surface area contributed by atoms with Crippen molar-refractivity contribution < 1.29 is 18.3 Å². The molecule has 0 bridgehead atoms. The largest absolute Gasteiger partial charge is 0.493 e. The van der Waals surface area contributed by atoms with Gasteiger partial charge in [0.2, 0.25) is 0 Å². The minimum absolute atomic E-state index is 0.0562. The second-order valence-corrected chi connectivity index (χ2v) is 6.54. The van der Waals surface area contributed by atoms with E-state index in [1.165, 1.54) is 20.0 Å². The third kappa shape index (κ3) is 6.04. The van der Waals surface area contributed by atoms with Crippen LogP contribution in [0.3, 0.4) is 0 Å². The number of nitrogens with one attached hydrogen (secondary N) is 1. The van der Waals surface area contributed by atoms with Gasteiger partial charge in [-0.2, -0.15) is 8.78 Å². The first kappa shape index (κ1) is 20.3. The summed E-state index contributed by atoms with van der Waals surface area (Å²) < 4.78 is 34.7. The van der Waals surface area contributed by atoms with Gasteiger partial charge in [-0.15, -0.1) is 0 Å². The lowest BCUT2D eigenvalue weighted by atomic mass is 10.0. The van der Waals surface area contributed by atoms with Crippen molar-refractivity contribution in [2.45, 2.75) is 39.7 Å². The van der Waals surface area contributed by atoms with Crippen LogP contribution in [0.25, 0.3) is 0 Å². The molecule has 1 aliphatic heterocycles. The first-order valence-electron chi connectivity index (χ1n) is 9.18. The van der Waals surface area contributed by atoms with Crippen LogP contribution in [0, 0.1) is 5.92 Å². The van der Waals surface area contributed by atoms with Gasteiger partial charge >= 0.3 is 6.61 Å². The van der Waals surface area contributed by atoms with Gasteiger partial charge in [0.05, 0.1) is 7.11 Å². The van der Waals surface area contributed by atoms with Crippen molar-refractivity contribution in [2.75, 3.05) is 33.3 Å². The van der Waals surface area contributed by atoms with Crippen LogP contribution in [0.2, 0.25) is 0 Å². The van der Waals surface area contributed by atoms with Crippen molar-refractivity contribution in [1.29, 1.82) is 0 Å². The molecule has 5 nitrogen and oxygen atoms in total. The molecule has 2 rings (SSSR count). The topological polar surface area (TPSA) is 46.1 Å². The van der Waals surface area contributed by atoms with Crippen molar-refractivity contribution in [3.63, 3.8) is 0 Å². The van der Waals surface area contributed by atoms with Crippen LogP contribution in [0.1, 0.15) is 32.3 Å². The minimum Gasteiger partial charge on any atom is -0.493 e. The Morgan fingerprint density at radius 1 is 1.38 bits per heavy atom. The second kappa shape index (κ2) is 10.2. The minimum atomic E-state index is -2.88. The molecule has 26 heavy (non-hydrogen) atoms. The van der Waals surface area contributed by atoms with Gasteiger partial charge in [-0.25, -0.2) is 0 Å². The van der Waals surface area contributed by atoms with Crippen LogP contribution in [0.5, 0.6) is 11.5 Å². The summed E-state index contributed by atoms with van der Waals surface area (Å²) in [7, 11) is 1.43. The molecule has 0 aliphatic carbocycles. The van der Waals surface area contributed by atoms with Gasteiger partial charge in [-0.05, 0) is 49.8 Å². The van der Waals surface area contributed by atoms with Crippen molar-refractivity contribution in [3.8, 4) is 11.5 Å². The summed E-state index contributed by atoms with van der Waals surface area (Å²) in [6, 6.07) is 5.09. The van der Waals surface area contributed by atoms with E-state index in [-0.39, 0.29) is 5.75 Å². The normalized spacial score (nSPS) is 18.2. The Morgan fingerprint density at radius 3 is 2.85 bits per heavy atom. The molecular formula is C19H29F2N3O2. The third-order valence-corrected chi connectivity index (χ3v) is 4.40. The molecule has 0 saturated carbocycles. The average Bonchev–Trinajstić information content (AvgIpc) is 2.61. The molecule has 1 fully saturated rings. The molecule has 0 aromatic heterocycles. The molecule has 1 atom stereocenters. The molecular weight excluding hydrogens is 340 g/mol. The predicted octanol–water partition coefficient (Wildman–Crippen LogP) is 3.54. The maximum Gasteiger partial charge on any atom is 0.387 e. The number of benzene rings is 1. The van der Waals surface area contributed by atoms with E-state index in [1.807, 2.05) is 6.07 Å². The molecule has 1 aromatic rings. The van der Waals surface area contributed by atoms with E-state index in [9.17, 15) is 8.78 Å². The number of hydrogen-bond donors (Lipinski definition) is 1. The highest BCUT2D eigenvalue weighted by molar-refractivity contribution is 5.80. The van der Waals surface area contributed by atoms with E-state index in [0.717, 1.165) is 31.2 Å². The molecule has 0 spiro atoms. The summed E-state index contributed by atoms with van der Waals surface area (Å²) in [5.74, 6) is 1.95. The highest BCUT2D eigenvalue weighted by Crippen LogP contribution is 2.29. The van der Waals surface area contributed by atoms with Gasteiger partial charge in [-0.3, -0.25) is 4.99 Å². The van der Waals surface area contributed by atoms with E-state index in [0.29, 0.717) is 24.6 Å². The van der Waals surface area contributed by atoms with Gasteiger partial charge in [-0.1, -0.05) is 13.0 Å². The average molecular weight is 369 g/mol. The SMILES string of the molecule is CCNC(=NCCc1ccc(OC)c(OC(F)F)c1)N1CCCC(C)C1. The van der Waals surface area contributed by atoms with Gasteiger partial charge < -0.3 is 19.7 Å². The Kier molecular flexibility index (Phi) is 7.94. The highest BCUT2D eigenvalue weighted by Gasteiger charge is 2.19. The van der Waals surface area contributed by atoms with Gasteiger partial charge in [0.15, 0.2) is 17.5 Å². The summed E-state index contributed by atoms with van der Waals surface area (Å²) >= 11 is 0. The summed E-state index contributed by atoms with van der Waals surface area (Å²) in [5.41, 5.74) is 0.882. The zero-order chi connectivity index (χ0) is 18.9. The molecule has 7 heteroatoms. The fraction of sp³-hybridized carbons (Fsp3) is 0.632. The number of methoxy groups -OCH3 is 1. The Morgan fingerprint density at radius 2 is 2.19 bits per heavy atom. The van der Waals surface area contributed by atoms with Crippen molar-refractivity contribution in [1.82, 2.24) is 10.2 Å². The first-order valence-corrected chi connectivity index (χ1v) is 9.18. The number of halogens is 2. The van der Waals surface area contributed by atoms with Gasteiger partial charge in [0, 0.05) is 26.2 Å². The predicted molar refractivity (Wildman–Crippen MR) is 99.3 cm³/mol. The maximum atomic E-state index is 12.5. The summed E-state index contributed by atoms with van der Waals surface area (Å²) in [4.78, 5) is 7.01. The number of aliphatic imine (C=N–C) groups is 1. The molecule has 1 aromatic carbocycles. The molecule has 146 valence electrons. The molecule has 1 N–H and O–H groups in total. The lowest BCUT2D eigenvalue weighted by Crippen LogP contribution is -2.46. The molecule has 0 radical (unpaired) electrons. The van der Waals surface area contributed by atoms with E-state index >= 15 is 0 Å². The van der Waals surface area contributed by atoms with Crippen LogP contribution in [0.15, 0.2) is 23.2 Å². The zero-order valence-corrected chi connectivity index (χ0v) is 15.8. The smallest absolute Gasteiger partial charge is 0.387 e. The molecule has 0 amide bonds. The van der Waals surface area contributed by atoms with Crippen LogP contribution in [-0.2, 0) is 6.42 Å². The molecule has 1 aliphatic rings. The number of alkyl halides is 2. The summed E-state index contributed by atoms with van der Waals surface area (Å²) in [6.45, 7) is 4.87. The standard InChI is InChI=1S/C19H29F2N3O2/c1-4-22-19(24-11-5-6-14(2)13-24)23-10-9-15-7-8-16(25-3)17(12-15)26-18(20)21/h7-8,12,14,18H,4-6,9-11,13H2,1-3H3,(H,22,23). The monoisotopic (exact) mass is 369 g/mol.